The molecule has 90 valence electrons. The van der Waals surface area contributed by atoms with Crippen molar-refractivity contribution in [2.45, 2.75) is 18.9 Å². The predicted molar refractivity (Wildman–Crippen MR) is 73.9 cm³/mol. The summed E-state index contributed by atoms with van der Waals surface area (Å²) in [5.74, 6) is 0. The maximum absolute atomic E-state index is 3.60. The van der Waals surface area contributed by atoms with E-state index in [-0.39, 0.29) is 0 Å². The quantitative estimate of drug-likeness (QED) is 0.864. The van der Waals surface area contributed by atoms with E-state index in [1.54, 1.807) is 0 Å². The lowest BCUT2D eigenvalue weighted by Gasteiger charge is -2.19. The summed E-state index contributed by atoms with van der Waals surface area (Å²) in [4.78, 5) is 2.23. The molecule has 0 heterocycles. The van der Waals surface area contributed by atoms with E-state index in [0.29, 0.717) is 6.04 Å². The number of hydrogen-bond donors (Lipinski definition) is 1. The van der Waals surface area contributed by atoms with E-state index in [0.717, 1.165) is 13.0 Å². The molecule has 0 fully saturated rings. The fraction of sp³-hybridized carbons (Fsp3) is 0.538. The summed E-state index contributed by atoms with van der Waals surface area (Å²) in [6.45, 7) is 1.12. The Morgan fingerprint density at radius 2 is 2.00 bits per heavy atom. The number of rotatable bonds is 6. The van der Waals surface area contributed by atoms with Crippen molar-refractivity contribution in [2.24, 2.45) is 0 Å². The number of likely N-dealkylation sites (N-methyl/N-ethyl adjacent to an activating group) is 1. The molecule has 1 rings (SSSR count). The predicted octanol–water partition coefficient (Wildman–Crippen LogP) is 2.53. The highest BCUT2D eigenvalue weighted by Crippen LogP contribution is 2.18. The van der Waals surface area contributed by atoms with Crippen molar-refractivity contribution >= 4 is 15.9 Å². The zero-order valence-corrected chi connectivity index (χ0v) is 11.9. The topological polar surface area (TPSA) is 15.3 Å². The van der Waals surface area contributed by atoms with Crippen LogP contribution in [-0.2, 0) is 6.42 Å². The van der Waals surface area contributed by atoms with Crippen LogP contribution in [-0.4, -0.2) is 38.6 Å². The van der Waals surface area contributed by atoms with Crippen molar-refractivity contribution in [1.82, 2.24) is 10.2 Å². The maximum atomic E-state index is 3.60. The van der Waals surface area contributed by atoms with Crippen LogP contribution in [0.15, 0.2) is 28.7 Å². The Morgan fingerprint density at radius 3 is 2.56 bits per heavy atom. The monoisotopic (exact) mass is 284 g/mol. The summed E-state index contributed by atoms with van der Waals surface area (Å²) < 4.78 is 1.21. The molecule has 0 aliphatic heterocycles. The third-order valence-corrected chi connectivity index (χ3v) is 3.53. The second-order valence-corrected chi connectivity index (χ2v) is 5.23. The van der Waals surface area contributed by atoms with Crippen LogP contribution in [0.3, 0.4) is 0 Å². The van der Waals surface area contributed by atoms with Crippen molar-refractivity contribution < 1.29 is 0 Å². The van der Waals surface area contributed by atoms with Gasteiger partial charge in [-0.15, -0.1) is 0 Å². The highest BCUT2D eigenvalue weighted by Gasteiger charge is 2.09. The van der Waals surface area contributed by atoms with E-state index in [9.17, 15) is 0 Å². The van der Waals surface area contributed by atoms with Gasteiger partial charge < -0.3 is 10.2 Å². The molecule has 0 radical (unpaired) electrons. The number of halogens is 1. The van der Waals surface area contributed by atoms with E-state index < -0.39 is 0 Å². The zero-order valence-electron chi connectivity index (χ0n) is 10.3. The molecule has 0 amide bonds. The van der Waals surface area contributed by atoms with Gasteiger partial charge in [-0.05, 0) is 52.2 Å². The Balaban J connectivity index is 2.53. The van der Waals surface area contributed by atoms with Crippen LogP contribution in [0.5, 0.6) is 0 Å². The molecule has 1 aromatic rings. The first-order valence-corrected chi connectivity index (χ1v) is 6.48. The Morgan fingerprint density at radius 1 is 1.31 bits per heavy atom. The van der Waals surface area contributed by atoms with E-state index in [2.05, 4.69) is 64.5 Å². The molecule has 1 unspecified atom stereocenters. The lowest BCUT2D eigenvalue weighted by atomic mass is 10.0. The van der Waals surface area contributed by atoms with Crippen molar-refractivity contribution in [1.29, 1.82) is 0 Å². The van der Waals surface area contributed by atoms with E-state index >= 15 is 0 Å². The molecule has 2 nitrogen and oxygen atoms in total. The van der Waals surface area contributed by atoms with E-state index in [1.165, 1.54) is 16.5 Å². The van der Waals surface area contributed by atoms with Gasteiger partial charge in [-0.2, -0.15) is 0 Å². The largest absolute Gasteiger partial charge is 0.317 e. The van der Waals surface area contributed by atoms with Gasteiger partial charge in [-0.25, -0.2) is 0 Å². The number of nitrogens with one attached hydrogen (secondary N) is 1. The third-order valence-electron chi connectivity index (χ3n) is 2.76. The molecule has 0 aliphatic rings. The first-order valence-electron chi connectivity index (χ1n) is 5.69. The fourth-order valence-electron chi connectivity index (χ4n) is 1.69. The molecule has 0 spiro atoms. The normalized spacial score (nSPS) is 13.1. The van der Waals surface area contributed by atoms with Crippen LogP contribution in [0.2, 0.25) is 0 Å². The molecule has 0 saturated carbocycles. The van der Waals surface area contributed by atoms with E-state index in [4.69, 9.17) is 0 Å². The number of hydrogen-bond acceptors (Lipinski definition) is 2. The van der Waals surface area contributed by atoms with Crippen LogP contribution in [0, 0.1) is 0 Å². The van der Waals surface area contributed by atoms with Crippen LogP contribution in [0.25, 0.3) is 0 Å². The Kier molecular flexibility index (Phi) is 6.03. The molecule has 3 heteroatoms. The van der Waals surface area contributed by atoms with Gasteiger partial charge in [-0.3, -0.25) is 0 Å². The standard InChI is InChI=1S/C13H21BrN2/c1-15-12(8-9-16(2)3)10-11-6-4-5-7-13(11)14/h4-7,12,15H,8-10H2,1-3H3. The van der Waals surface area contributed by atoms with Gasteiger partial charge >= 0.3 is 0 Å². The summed E-state index contributed by atoms with van der Waals surface area (Å²) in [5.41, 5.74) is 1.38. The van der Waals surface area contributed by atoms with E-state index in [1.807, 2.05) is 7.05 Å². The average Bonchev–Trinajstić information content (AvgIpc) is 2.26. The van der Waals surface area contributed by atoms with Gasteiger partial charge in [0, 0.05) is 10.5 Å². The molecule has 0 aromatic heterocycles. The molecule has 1 atom stereocenters. The van der Waals surface area contributed by atoms with Gasteiger partial charge in [0.1, 0.15) is 0 Å². The summed E-state index contributed by atoms with van der Waals surface area (Å²) in [5, 5.41) is 3.39. The van der Waals surface area contributed by atoms with Gasteiger partial charge in [0.15, 0.2) is 0 Å². The maximum Gasteiger partial charge on any atom is 0.0207 e. The minimum Gasteiger partial charge on any atom is -0.317 e. The fourth-order valence-corrected chi connectivity index (χ4v) is 2.14. The molecule has 16 heavy (non-hydrogen) atoms. The molecular weight excluding hydrogens is 264 g/mol. The Labute approximate surface area is 107 Å². The molecular formula is C13H21BrN2. The molecule has 0 saturated heterocycles. The SMILES string of the molecule is CNC(CCN(C)C)Cc1ccccc1Br. The van der Waals surface area contributed by atoms with Gasteiger partial charge in [0.25, 0.3) is 0 Å². The molecule has 1 aromatic carbocycles. The third kappa shape index (κ3) is 4.64. The lowest BCUT2D eigenvalue weighted by Crippen LogP contribution is -2.31. The second kappa shape index (κ2) is 7.05. The molecule has 0 bridgehead atoms. The highest BCUT2D eigenvalue weighted by molar-refractivity contribution is 9.10. The van der Waals surface area contributed by atoms with Crippen molar-refractivity contribution in [3.8, 4) is 0 Å². The Hall–Kier alpha value is -0.380. The van der Waals surface area contributed by atoms with Gasteiger partial charge in [0.2, 0.25) is 0 Å². The zero-order chi connectivity index (χ0) is 12.0. The van der Waals surface area contributed by atoms with Gasteiger partial charge in [-0.1, -0.05) is 34.1 Å². The summed E-state index contributed by atoms with van der Waals surface area (Å²) in [6.07, 6.45) is 2.25. The second-order valence-electron chi connectivity index (χ2n) is 4.37. The minimum absolute atomic E-state index is 0.543. The summed E-state index contributed by atoms with van der Waals surface area (Å²) in [7, 11) is 6.27. The van der Waals surface area contributed by atoms with Crippen molar-refractivity contribution in [3.05, 3.63) is 34.3 Å². The highest BCUT2D eigenvalue weighted by atomic mass is 79.9. The molecule has 1 N–H and O–H groups in total. The molecule has 0 aliphatic carbocycles. The first-order chi connectivity index (χ1) is 7.63. The van der Waals surface area contributed by atoms with Crippen LogP contribution in [0.1, 0.15) is 12.0 Å². The lowest BCUT2D eigenvalue weighted by molar-refractivity contribution is 0.364. The van der Waals surface area contributed by atoms with Crippen LogP contribution >= 0.6 is 15.9 Å². The summed E-state index contributed by atoms with van der Waals surface area (Å²) in [6, 6.07) is 8.99. The number of benzene rings is 1. The van der Waals surface area contributed by atoms with Crippen LogP contribution in [0.4, 0.5) is 0 Å². The number of nitrogens with zero attached hydrogens (tertiary/aromatic N) is 1. The first kappa shape index (κ1) is 13.7. The minimum atomic E-state index is 0.543. The van der Waals surface area contributed by atoms with Crippen molar-refractivity contribution in [3.63, 3.8) is 0 Å². The average molecular weight is 285 g/mol. The van der Waals surface area contributed by atoms with Crippen molar-refractivity contribution in [2.75, 3.05) is 27.7 Å². The smallest absolute Gasteiger partial charge is 0.0207 e. The Bertz CT molecular complexity index is 313. The van der Waals surface area contributed by atoms with Gasteiger partial charge in [0.05, 0.1) is 0 Å². The van der Waals surface area contributed by atoms with Crippen LogP contribution < -0.4 is 5.32 Å². The summed E-state index contributed by atoms with van der Waals surface area (Å²) >= 11 is 3.60.